The molecular formula is C20H24FN3OS. The summed E-state index contributed by atoms with van der Waals surface area (Å²) < 4.78 is 14.3. The van der Waals surface area contributed by atoms with E-state index in [0.717, 1.165) is 35.7 Å². The van der Waals surface area contributed by atoms with Gasteiger partial charge in [-0.15, -0.1) is 11.3 Å². The first-order chi connectivity index (χ1) is 12.6. The summed E-state index contributed by atoms with van der Waals surface area (Å²) in [5.41, 5.74) is 1.14. The maximum Gasteiger partial charge on any atom is 0.185 e. The van der Waals surface area contributed by atoms with Gasteiger partial charge in [-0.3, -0.25) is 9.80 Å². The summed E-state index contributed by atoms with van der Waals surface area (Å²) in [5.74, 6) is -0.254. The molecule has 1 aromatic carbocycles. The van der Waals surface area contributed by atoms with Gasteiger partial charge in [0.2, 0.25) is 0 Å². The van der Waals surface area contributed by atoms with Crippen molar-refractivity contribution in [1.29, 1.82) is 0 Å². The second kappa shape index (κ2) is 8.54. The van der Waals surface area contributed by atoms with Crippen molar-refractivity contribution in [2.45, 2.75) is 52.0 Å². The number of carbonyl (C=O) groups excluding carboxylic acids is 1. The number of hydrogen-bond acceptors (Lipinski definition) is 5. The summed E-state index contributed by atoms with van der Waals surface area (Å²) in [6.45, 7) is 4.86. The highest BCUT2D eigenvalue weighted by Crippen LogP contribution is 2.33. The fraction of sp³-hybridized carbons (Fsp3) is 0.450. The molecule has 2 aromatic rings. The Labute approximate surface area is 157 Å². The van der Waals surface area contributed by atoms with Crippen LogP contribution in [0.25, 0.3) is 0 Å². The van der Waals surface area contributed by atoms with Crippen LogP contribution in [-0.2, 0) is 11.2 Å². The minimum atomic E-state index is -0.238. The number of Topliss-reactive ketones (excluding diaryl/α,β-unsaturated/α-hetero) is 1. The van der Waals surface area contributed by atoms with Gasteiger partial charge >= 0.3 is 0 Å². The molecular weight excluding hydrogens is 349 g/mol. The Morgan fingerprint density at radius 3 is 2.85 bits per heavy atom. The molecule has 1 unspecified atom stereocenters. The largest absolute Gasteiger partial charge is 0.292 e. The predicted molar refractivity (Wildman–Crippen MR) is 103 cm³/mol. The van der Waals surface area contributed by atoms with Crippen LogP contribution in [0.1, 0.15) is 54.1 Å². The zero-order valence-electron chi connectivity index (χ0n) is 15.2. The number of nitrogens with zero attached hydrogens (tertiary/aromatic N) is 3. The average Bonchev–Trinajstić information content (AvgIpc) is 3.22. The Kier molecular flexibility index (Phi) is 6.14. The third kappa shape index (κ3) is 4.36. The van der Waals surface area contributed by atoms with Gasteiger partial charge < -0.3 is 0 Å². The van der Waals surface area contributed by atoms with Crippen LogP contribution >= 0.6 is 11.3 Å². The van der Waals surface area contributed by atoms with Crippen molar-refractivity contribution in [3.63, 3.8) is 0 Å². The Balaban J connectivity index is 1.76. The number of ketones is 1. The molecule has 0 saturated heterocycles. The van der Waals surface area contributed by atoms with E-state index in [1.54, 1.807) is 18.3 Å². The average molecular weight is 373 g/mol. The third-order valence-electron chi connectivity index (χ3n) is 4.55. The Hall–Kier alpha value is -2.08. The highest BCUT2D eigenvalue weighted by molar-refractivity contribution is 7.11. The molecule has 6 heteroatoms. The van der Waals surface area contributed by atoms with Crippen LogP contribution in [0.5, 0.6) is 0 Å². The van der Waals surface area contributed by atoms with E-state index in [1.165, 1.54) is 17.4 Å². The summed E-state index contributed by atoms with van der Waals surface area (Å²) in [6, 6.07) is 6.58. The maximum absolute atomic E-state index is 14.3. The second-order valence-corrected chi connectivity index (χ2v) is 7.94. The van der Waals surface area contributed by atoms with E-state index >= 15 is 0 Å². The molecule has 0 aliphatic carbocycles. The highest BCUT2D eigenvalue weighted by atomic mass is 32.1. The van der Waals surface area contributed by atoms with E-state index in [9.17, 15) is 9.18 Å². The molecule has 4 nitrogen and oxygen atoms in total. The number of aryl methyl sites for hydroxylation is 1. The quantitative estimate of drug-likeness (QED) is 0.630. The van der Waals surface area contributed by atoms with Gasteiger partial charge in [-0.1, -0.05) is 38.0 Å². The van der Waals surface area contributed by atoms with Crippen LogP contribution in [0.2, 0.25) is 0 Å². The monoisotopic (exact) mass is 373 g/mol. The Morgan fingerprint density at radius 2 is 2.15 bits per heavy atom. The molecule has 138 valence electrons. The first kappa shape index (κ1) is 18.7. The van der Waals surface area contributed by atoms with Crippen molar-refractivity contribution in [3.8, 4) is 0 Å². The molecule has 0 N–H and O–H groups in total. The van der Waals surface area contributed by atoms with Gasteiger partial charge in [-0.05, 0) is 19.4 Å². The number of halogens is 1. The molecule has 0 bridgehead atoms. The van der Waals surface area contributed by atoms with Gasteiger partial charge in [0.1, 0.15) is 16.5 Å². The lowest BCUT2D eigenvalue weighted by Gasteiger charge is -2.24. The predicted octanol–water partition coefficient (Wildman–Crippen LogP) is 4.70. The van der Waals surface area contributed by atoms with Crippen LogP contribution in [0, 0.1) is 12.7 Å². The molecule has 3 rings (SSSR count). The number of rotatable bonds is 8. The van der Waals surface area contributed by atoms with E-state index in [-0.39, 0.29) is 24.1 Å². The molecule has 1 atom stereocenters. The van der Waals surface area contributed by atoms with Crippen molar-refractivity contribution < 1.29 is 9.18 Å². The molecule has 0 saturated carbocycles. The maximum atomic E-state index is 14.3. The van der Waals surface area contributed by atoms with E-state index in [1.807, 2.05) is 18.0 Å². The Bertz CT molecular complexity index is 802. The molecule has 0 radical (unpaired) electrons. The lowest BCUT2D eigenvalue weighted by Crippen LogP contribution is -2.21. The number of carbonyl (C=O) groups is 1. The Morgan fingerprint density at radius 1 is 1.35 bits per heavy atom. The SMILES string of the molecule is CCCCCN1N=C(C(=O)Cc2ncc(C)s2)CC1c1ccccc1F. The van der Waals surface area contributed by atoms with Gasteiger partial charge in [-0.25, -0.2) is 9.37 Å². The van der Waals surface area contributed by atoms with E-state index in [2.05, 4.69) is 17.0 Å². The van der Waals surface area contributed by atoms with E-state index in [0.29, 0.717) is 17.7 Å². The number of benzene rings is 1. The molecule has 0 fully saturated rings. The van der Waals surface area contributed by atoms with E-state index in [4.69, 9.17) is 0 Å². The van der Waals surface area contributed by atoms with Crippen LogP contribution in [0.4, 0.5) is 4.39 Å². The molecule has 1 aliphatic rings. The van der Waals surface area contributed by atoms with Crippen LogP contribution < -0.4 is 0 Å². The normalized spacial score (nSPS) is 16.8. The minimum absolute atomic E-state index is 0.0151. The van der Waals surface area contributed by atoms with E-state index < -0.39 is 0 Å². The van der Waals surface area contributed by atoms with Gasteiger partial charge in [0.05, 0.1) is 12.5 Å². The summed E-state index contributed by atoms with van der Waals surface area (Å²) in [7, 11) is 0. The standard InChI is InChI=1S/C20H24FN3OS/c1-3-4-7-10-24-18(15-8-5-6-9-16(15)21)11-17(23-24)19(25)12-20-22-13-14(2)26-20/h5-6,8-9,13,18H,3-4,7,10-12H2,1-2H3. The summed E-state index contributed by atoms with van der Waals surface area (Å²) >= 11 is 1.53. The minimum Gasteiger partial charge on any atom is -0.292 e. The van der Waals surface area contributed by atoms with Crippen LogP contribution in [-0.4, -0.2) is 28.0 Å². The zero-order chi connectivity index (χ0) is 18.5. The first-order valence-electron chi connectivity index (χ1n) is 9.11. The van der Waals surface area contributed by atoms with Gasteiger partial charge in [0, 0.05) is 29.6 Å². The number of hydrogen-bond donors (Lipinski definition) is 0. The van der Waals surface area contributed by atoms with Crippen LogP contribution in [0.15, 0.2) is 35.6 Å². The van der Waals surface area contributed by atoms with Crippen molar-refractivity contribution in [3.05, 3.63) is 51.7 Å². The fourth-order valence-corrected chi connectivity index (χ4v) is 3.98. The molecule has 1 aromatic heterocycles. The van der Waals surface area contributed by atoms with Crippen LogP contribution in [0.3, 0.4) is 0 Å². The lowest BCUT2D eigenvalue weighted by molar-refractivity contribution is -0.112. The smallest absolute Gasteiger partial charge is 0.185 e. The lowest BCUT2D eigenvalue weighted by atomic mass is 9.99. The van der Waals surface area contributed by atoms with Gasteiger partial charge in [-0.2, -0.15) is 5.10 Å². The summed E-state index contributed by atoms with van der Waals surface area (Å²) in [4.78, 5) is 18.0. The second-order valence-electron chi connectivity index (χ2n) is 6.62. The number of thiazole rings is 1. The number of hydrazone groups is 1. The molecule has 26 heavy (non-hydrogen) atoms. The topological polar surface area (TPSA) is 45.6 Å². The van der Waals surface area contributed by atoms with Gasteiger partial charge in [0.15, 0.2) is 5.78 Å². The third-order valence-corrected chi connectivity index (χ3v) is 5.47. The zero-order valence-corrected chi connectivity index (χ0v) is 16.1. The molecule has 0 spiro atoms. The van der Waals surface area contributed by atoms with Crippen molar-refractivity contribution in [1.82, 2.24) is 9.99 Å². The fourth-order valence-electron chi connectivity index (χ4n) is 3.19. The van der Waals surface area contributed by atoms with Crippen molar-refractivity contribution >= 4 is 22.8 Å². The first-order valence-corrected chi connectivity index (χ1v) is 9.93. The molecule has 2 heterocycles. The number of aromatic nitrogens is 1. The number of unbranched alkanes of at least 4 members (excludes halogenated alkanes) is 2. The van der Waals surface area contributed by atoms with Gasteiger partial charge in [0.25, 0.3) is 0 Å². The van der Waals surface area contributed by atoms with Crippen molar-refractivity contribution in [2.24, 2.45) is 5.10 Å². The molecule has 0 amide bonds. The van der Waals surface area contributed by atoms with Crippen molar-refractivity contribution in [2.75, 3.05) is 6.54 Å². The highest BCUT2D eigenvalue weighted by Gasteiger charge is 2.32. The summed E-state index contributed by atoms with van der Waals surface area (Å²) in [5, 5.41) is 7.28. The summed E-state index contributed by atoms with van der Waals surface area (Å²) in [6.07, 6.45) is 5.69. The molecule has 1 aliphatic heterocycles.